The molecule has 0 aliphatic heterocycles. The highest BCUT2D eigenvalue weighted by Gasteiger charge is 1.96. The Kier molecular flexibility index (Phi) is 2.14. The minimum Gasteiger partial charge on any atom is -0.385 e. The van der Waals surface area contributed by atoms with E-state index in [1.165, 1.54) is 6.20 Å². The second kappa shape index (κ2) is 3.08. The summed E-state index contributed by atoms with van der Waals surface area (Å²) in [4.78, 5) is 7.83. The molecule has 0 aliphatic rings. The van der Waals surface area contributed by atoms with Gasteiger partial charge in [-0.1, -0.05) is 6.58 Å². The van der Waals surface area contributed by atoms with Crippen molar-refractivity contribution in [3.63, 3.8) is 0 Å². The van der Waals surface area contributed by atoms with Crippen LogP contribution in [0.3, 0.4) is 0 Å². The maximum Gasteiger partial charge on any atom is 0.232 e. The topological polar surface area (TPSA) is 82.2 Å². The van der Waals surface area contributed by atoms with Crippen LogP contribution in [0, 0.1) is 0 Å². The van der Waals surface area contributed by atoms with Gasteiger partial charge in [0.25, 0.3) is 0 Å². The third kappa shape index (κ3) is 1.29. The van der Waals surface area contributed by atoms with E-state index in [2.05, 4.69) is 16.6 Å². The Morgan fingerprint density at radius 3 is 2.83 bits per heavy atom. The summed E-state index contributed by atoms with van der Waals surface area (Å²) in [5.41, 5.74) is 11.5. The van der Waals surface area contributed by atoms with Gasteiger partial charge in [-0.25, -0.2) is 0 Å². The number of aromatic nitrogens is 2. The molecule has 1 aromatic heterocycles. The fourth-order valence-electron chi connectivity index (χ4n) is 0.883. The first-order chi connectivity index (χ1) is 5.69. The highest BCUT2D eigenvalue weighted by atomic mass is 15.1. The minimum atomic E-state index is 0.353. The first-order valence-corrected chi connectivity index (χ1v) is 3.39. The molecular formula is C7H11N5. The number of anilines is 2. The number of hydrogen-bond acceptors (Lipinski definition) is 4. The van der Waals surface area contributed by atoms with E-state index in [-0.39, 0.29) is 0 Å². The van der Waals surface area contributed by atoms with Gasteiger partial charge in [0.15, 0.2) is 0 Å². The van der Waals surface area contributed by atoms with Gasteiger partial charge in [0, 0.05) is 19.3 Å². The quantitative estimate of drug-likeness (QED) is 0.598. The molecule has 0 aliphatic carbocycles. The van der Waals surface area contributed by atoms with Crippen molar-refractivity contribution < 1.29 is 0 Å². The van der Waals surface area contributed by atoms with Gasteiger partial charge in [-0.05, 0) is 0 Å². The van der Waals surface area contributed by atoms with Crippen LogP contribution in [0.25, 0.3) is 6.20 Å². The molecule has 64 valence electrons. The van der Waals surface area contributed by atoms with Crippen molar-refractivity contribution in [3.8, 4) is 0 Å². The van der Waals surface area contributed by atoms with E-state index in [1.54, 1.807) is 17.7 Å². The molecule has 4 N–H and O–H groups in total. The van der Waals surface area contributed by atoms with Crippen LogP contribution in [0.1, 0.15) is 0 Å². The number of nitrogen functional groups attached to an aromatic ring is 2. The number of nitrogens with zero attached hydrogens (tertiary/aromatic N) is 3. The fraction of sp³-hybridized carbons (Fsp3) is 0.143. The van der Waals surface area contributed by atoms with E-state index in [0.717, 1.165) is 0 Å². The van der Waals surface area contributed by atoms with E-state index < -0.39 is 0 Å². The lowest BCUT2D eigenvalue weighted by Crippen LogP contribution is -2.23. The Morgan fingerprint density at radius 1 is 1.67 bits per heavy atom. The first kappa shape index (κ1) is 8.32. The van der Waals surface area contributed by atoms with Gasteiger partial charge >= 0.3 is 0 Å². The largest absolute Gasteiger partial charge is 0.385 e. The lowest BCUT2D eigenvalue weighted by atomic mass is 10.5. The summed E-state index contributed by atoms with van der Waals surface area (Å²) in [5, 5.41) is 0. The molecule has 12 heavy (non-hydrogen) atoms. The molecule has 0 radical (unpaired) electrons. The normalized spacial score (nSPS) is 11.6. The van der Waals surface area contributed by atoms with Crippen LogP contribution < -0.4 is 17.1 Å². The third-order valence-electron chi connectivity index (χ3n) is 1.40. The van der Waals surface area contributed by atoms with Gasteiger partial charge in [-0.3, -0.25) is 9.56 Å². The van der Waals surface area contributed by atoms with Crippen LogP contribution in [-0.2, 0) is 0 Å². The van der Waals surface area contributed by atoms with Crippen LogP contribution in [0.5, 0.6) is 0 Å². The molecule has 5 nitrogen and oxygen atoms in total. The van der Waals surface area contributed by atoms with E-state index in [4.69, 9.17) is 11.5 Å². The molecule has 0 saturated carbocycles. The number of nitrogens with two attached hydrogens (primary N) is 2. The number of hydrogen-bond donors (Lipinski definition) is 2. The maximum absolute atomic E-state index is 5.62. The lowest BCUT2D eigenvalue weighted by Gasteiger charge is -2.04. The predicted octanol–water partition coefficient (Wildman–Crippen LogP) is -0.322. The molecule has 0 fully saturated rings. The summed E-state index contributed by atoms with van der Waals surface area (Å²) in [6.07, 6.45) is 1.53. The van der Waals surface area contributed by atoms with Crippen molar-refractivity contribution >= 4 is 17.8 Å². The zero-order valence-corrected chi connectivity index (χ0v) is 6.86. The van der Waals surface area contributed by atoms with Gasteiger partial charge in [0.05, 0.1) is 0 Å². The van der Waals surface area contributed by atoms with Crippen molar-refractivity contribution in [1.29, 1.82) is 0 Å². The molecule has 1 aromatic rings. The van der Waals surface area contributed by atoms with E-state index in [1.807, 2.05) is 0 Å². The second-order valence-corrected chi connectivity index (χ2v) is 2.18. The smallest absolute Gasteiger partial charge is 0.232 e. The summed E-state index contributed by atoms with van der Waals surface area (Å²) in [7, 11) is 1.61. The van der Waals surface area contributed by atoms with E-state index >= 15 is 0 Å². The van der Waals surface area contributed by atoms with Crippen molar-refractivity contribution in [2.45, 2.75) is 0 Å². The van der Waals surface area contributed by atoms with Gasteiger partial charge in [-0.15, -0.1) is 0 Å². The van der Waals surface area contributed by atoms with Crippen LogP contribution in [0.4, 0.5) is 11.6 Å². The monoisotopic (exact) mass is 165 g/mol. The Hall–Kier alpha value is -1.78. The van der Waals surface area contributed by atoms with Gasteiger partial charge in [0.2, 0.25) is 5.62 Å². The third-order valence-corrected chi connectivity index (χ3v) is 1.40. The lowest BCUT2D eigenvalue weighted by molar-refractivity contribution is 0.916. The average Bonchev–Trinajstić information content (AvgIpc) is 2.03. The average molecular weight is 165 g/mol. The summed E-state index contributed by atoms with van der Waals surface area (Å²) < 4.78 is 1.55. The van der Waals surface area contributed by atoms with Crippen molar-refractivity contribution in [2.75, 3.05) is 18.5 Å². The Balaban J connectivity index is 3.56. The first-order valence-electron chi connectivity index (χ1n) is 3.39. The maximum atomic E-state index is 5.62. The standard InChI is InChI=1S/C7H11N5/c1-3-12-6(9)4-5(8)11-7(12)10-2/h3-4H,1,9H2,2H3,(H2,8,10,11). The molecule has 0 bridgehead atoms. The van der Waals surface area contributed by atoms with Crippen LogP contribution in [-0.4, -0.2) is 16.6 Å². The summed E-state index contributed by atoms with van der Waals surface area (Å²) in [5.74, 6) is 0.823. The van der Waals surface area contributed by atoms with Crippen LogP contribution >= 0.6 is 0 Å². The van der Waals surface area contributed by atoms with Gasteiger partial charge in [-0.2, -0.15) is 4.98 Å². The van der Waals surface area contributed by atoms with Crippen LogP contribution in [0.2, 0.25) is 0 Å². The molecule has 5 heteroatoms. The van der Waals surface area contributed by atoms with Crippen molar-refractivity contribution in [3.05, 3.63) is 18.3 Å². The minimum absolute atomic E-state index is 0.353. The molecule has 0 amide bonds. The summed E-state index contributed by atoms with van der Waals surface area (Å²) >= 11 is 0. The fourth-order valence-corrected chi connectivity index (χ4v) is 0.883. The highest BCUT2D eigenvalue weighted by Crippen LogP contribution is 2.01. The molecule has 0 atom stereocenters. The van der Waals surface area contributed by atoms with E-state index in [9.17, 15) is 0 Å². The molecule has 0 spiro atoms. The molecule has 0 unspecified atom stereocenters. The predicted molar refractivity (Wildman–Crippen MR) is 48.9 cm³/mol. The van der Waals surface area contributed by atoms with Crippen molar-refractivity contribution in [2.24, 2.45) is 4.99 Å². The van der Waals surface area contributed by atoms with Gasteiger partial charge < -0.3 is 11.5 Å². The second-order valence-electron chi connectivity index (χ2n) is 2.18. The Morgan fingerprint density at radius 2 is 2.33 bits per heavy atom. The summed E-state index contributed by atoms with van der Waals surface area (Å²) in [6, 6.07) is 1.55. The van der Waals surface area contributed by atoms with Crippen LogP contribution in [0.15, 0.2) is 17.6 Å². The zero-order valence-electron chi connectivity index (χ0n) is 6.86. The summed E-state index contributed by atoms with van der Waals surface area (Å²) in [6.45, 7) is 3.57. The molecule has 1 rings (SSSR count). The molecule has 1 heterocycles. The van der Waals surface area contributed by atoms with Gasteiger partial charge in [0.1, 0.15) is 11.6 Å². The zero-order chi connectivity index (χ0) is 9.14. The SMILES string of the molecule is C=Cn1c(N)cc(N)nc1=NC. The highest BCUT2D eigenvalue weighted by molar-refractivity contribution is 5.45. The van der Waals surface area contributed by atoms with E-state index in [0.29, 0.717) is 17.3 Å². The molecule has 0 saturated heterocycles. The Labute approximate surface area is 70.1 Å². The molecular weight excluding hydrogens is 154 g/mol. The molecule has 0 aromatic carbocycles. The Bertz CT molecular complexity index is 363. The van der Waals surface area contributed by atoms with Crippen molar-refractivity contribution in [1.82, 2.24) is 9.55 Å². The number of rotatable bonds is 1.